The lowest BCUT2D eigenvalue weighted by molar-refractivity contribution is -0.129. The van der Waals surface area contributed by atoms with Crippen molar-refractivity contribution in [3.05, 3.63) is 48.0 Å². The molecule has 1 aromatic heterocycles. The van der Waals surface area contributed by atoms with Crippen molar-refractivity contribution in [2.75, 3.05) is 7.11 Å². The first-order valence-corrected chi connectivity index (χ1v) is 7.29. The lowest BCUT2D eigenvalue weighted by atomic mass is 10.1. The van der Waals surface area contributed by atoms with Gasteiger partial charge in [-0.15, -0.1) is 0 Å². The van der Waals surface area contributed by atoms with E-state index in [0.29, 0.717) is 23.9 Å². The second-order valence-corrected chi connectivity index (χ2v) is 5.42. The molecule has 0 unspecified atom stereocenters. The number of nitrogens with zero attached hydrogens (tertiary/aromatic N) is 2. The molecule has 0 bridgehead atoms. The fourth-order valence-electron chi connectivity index (χ4n) is 2.36. The number of ether oxygens (including phenoxy) is 1. The Morgan fingerprint density at radius 3 is 2.82 bits per heavy atom. The lowest BCUT2D eigenvalue weighted by Gasteiger charge is -2.13. The van der Waals surface area contributed by atoms with Crippen LogP contribution in [0.1, 0.15) is 36.2 Å². The first-order valence-electron chi connectivity index (χ1n) is 7.29. The summed E-state index contributed by atoms with van der Waals surface area (Å²) in [5.41, 5.74) is 1.49. The monoisotopic (exact) mass is 301 g/mol. The van der Waals surface area contributed by atoms with Crippen molar-refractivity contribution in [1.29, 1.82) is 0 Å². The molecule has 2 N–H and O–H groups in total. The molecule has 1 amide bonds. The van der Waals surface area contributed by atoms with Crippen molar-refractivity contribution in [3.8, 4) is 5.75 Å². The van der Waals surface area contributed by atoms with Crippen molar-refractivity contribution < 1.29 is 14.6 Å². The smallest absolute Gasteiger partial charge is 0.253 e. The Labute approximate surface area is 128 Å². The maximum absolute atomic E-state index is 12.1. The molecule has 1 fully saturated rings. The van der Waals surface area contributed by atoms with E-state index in [1.54, 1.807) is 43.9 Å². The highest BCUT2D eigenvalue weighted by Gasteiger charge is 2.25. The highest BCUT2D eigenvalue weighted by atomic mass is 16.5. The van der Waals surface area contributed by atoms with Crippen LogP contribution in [0.4, 0.5) is 0 Å². The van der Waals surface area contributed by atoms with Crippen molar-refractivity contribution >= 4 is 5.91 Å². The number of imidazole rings is 1. The zero-order valence-electron chi connectivity index (χ0n) is 12.4. The third-order valence-electron chi connectivity index (χ3n) is 3.81. The largest absolute Gasteiger partial charge is 0.497 e. The molecule has 6 heteroatoms. The molecule has 1 atom stereocenters. The number of aliphatic hydroxyl groups excluding tert-OH is 1. The van der Waals surface area contributed by atoms with Crippen LogP contribution in [0.15, 0.2) is 36.8 Å². The molecule has 0 aliphatic heterocycles. The molecule has 116 valence electrons. The standard InChI is InChI=1S/C16H19N3O3/c1-22-14-6-2-11(3-7-14)15(20)16(21)18-9-13-8-17-10-19(13)12-4-5-12/h2-3,6-8,10,12,15,20H,4-5,9H2,1H3,(H,18,21)/t15-/m1/s1. The summed E-state index contributed by atoms with van der Waals surface area (Å²) in [6, 6.07) is 7.30. The van der Waals surface area contributed by atoms with E-state index in [4.69, 9.17) is 4.74 Å². The van der Waals surface area contributed by atoms with E-state index >= 15 is 0 Å². The molecule has 3 rings (SSSR count). The molecule has 1 aliphatic rings. The predicted octanol–water partition coefficient (Wildman–Crippen LogP) is 1.58. The van der Waals surface area contributed by atoms with Gasteiger partial charge in [-0.05, 0) is 30.5 Å². The van der Waals surface area contributed by atoms with Crippen LogP contribution in [0.3, 0.4) is 0 Å². The number of rotatable bonds is 6. The number of carbonyl (C=O) groups excluding carboxylic acids is 1. The Balaban J connectivity index is 1.59. The summed E-state index contributed by atoms with van der Waals surface area (Å²) in [5, 5.41) is 12.9. The fraction of sp³-hybridized carbons (Fsp3) is 0.375. The Morgan fingerprint density at radius 1 is 1.45 bits per heavy atom. The number of nitrogens with one attached hydrogen (secondary N) is 1. The van der Waals surface area contributed by atoms with Crippen LogP contribution in [-0.4, -0.2) is 27.7 Å². The summed E-state index contributed by atoms with van der Waals surface area (Å²) in [6.45, 7) is 0.364. The summed E-state index contributed by atoms with van der Waals surface area (Å²) in [5.74, 6) is 0.262. The Morgan fingerprint density at radius 2 is 2.18 bits per heavy atom. The number of hydrogen-bond acceptors (Lipinski definition) is 4. The lowest BCUT2D eigenvalue weighted by Crippen LogP contribution is -2.29. The van der Waals surface area contributed by atoms with E-state index in [-0.39, 0.29) is 0 Å². The maximum atomic E-state index is 12.1. The molecular weight excluding hydrogens is 282 g/mol. The first kappa shape index (κ1) is 14.6. The van der Waals surface area contributed by atoms with Gasteiger partial charge in [-0.3, -0.25) is 4.79 Å². The van der Waals surface area contributed by atoms with E-state index in [1.165, 1.54) is 0 Å². The Hall–Kier alpha value is -2.34. The van der Waals surface area contributed by atoms with Crippen LogP contribution >= 0.6 is 0 Å². The number of aromatic nitrogens is 2. The molecule has 0 spiro atoms. The molecule has 6 nitrogen and oxygen atoms in total. The maximum Gasteiger partial charge on any atom is 0.253 e. The van der Waals surface area contributed by atoms with Crippen molar-refractivity contribution in [3.63, 3.8) is 0 Å². The number of hydrogen-bond donors (Lipinski definition) is 2. The molecular formula is C16H19N3O3. The zero-order chi connectivity index (χ0) is 15.5. The van der Waals surface area contributed by atoms with Crippen LogP contribution in [0.2, 0.25) is 0 Å². The molecule has 0 saturated heterocycles. The van der Waals surface area contributed by atoms with Gasteiger partial charge in [0.2, 0.25) is 0 Å². The van der Waals surface area contributed by atoms with Crippen LogP contribution < -0.4 is 10.1 Å². The number of amides is 1. The first-order chi connectivity index (χ1) is 10.7. The minimum absolute atomic E-state index is 0.364. The number of methoxy groups -OCH3 is 1. The van der Waals surface area contributed by atoms with Crippen LogP contribution in [0.5, 0.6) is 5.75 Å². The second-order valence-electron chi connectivity index (χ2n) is 5.42. The minimum atomic E-state index is -1.19. The van der Waals surface area contributed by atoms with E-state index in [2.05, 4.69) is 14.9 Å². The number of benzene rings is 1. The molecule has 1 saturated carbocycles. The summed E-state index contributed by atoms with van der Waals surface area (Å²) in [6.07, 6.45) is 4.66. The second kappa shape index (κ2) is 6.19. The van der Waals surface area contributed by atoms with Gasteiger partial charge in [0, 0.05) is 12.2 Å². The molecule has 1 aromatic carbocycles. The highest BCUT2D eigenvalue weighted by Crippen LogP contribution is 2.35. The van der Waals surface area contributed by atoms with Gasteiger partial charge >= 0.3 is 0 Å². The van der Waals surface area contributed by atoms with Crippen molar-refractivity contribution in [2.45, 2.75) is 31.5 Å². The average molecular weight is 301 g/mol. The van der Waals surface area contributed by atoms with Gasteiger partial charge < -0.3 is 19.7 Å². The van der Waals surface area contributed by atoms with E-state index < -0.39 is 12.0 Å². The van der Waals surface area contributed by atoms with Crippen molar-refractivity contribution in [1.82, 2.24) is 14.9 Å². The molecule has 1 aliphatic carbocycles. The van der Waals surface area contributed by atoms with Crippen molar-refractivity contribution in [2.24, 2.45) is 0 Å². The fourth-order valence-corrected chi connectivity index (χ4v) is 2.36. The van der Waals surface area contributed by atoms with Gasteiger partial charge in [0.05, 0.1) is 25.7 Å². The third kappa shape index (κ3) is 3.12. The van der Waals surface area contributed by atoms with E-state index in [9.17, 15) is 9.90 Å². The summed E-state index contributed by atoms with van der Waals surface area (Å²) >= 11 is 0. The Bertz CT molecular complexity index is 647. The number of aliphatic hydroxyl groups is 1. The van der Waals surface area contributed by atoms with E-state index in [1.807, 2.05) is 0 Å². The van der Waals surface area contributed by atoms with Gasteiger partial charge in [0.25, 0.3) is 5.91 Å². The normalized spacial score (nSPS) is 15.4. The summed E-state index contributed by atoms with van der Waals surface area (Å²) in [4.78, 5) is 16.2. The molecule has 22 heavy (non-hydrogen) atoms. The average Bonchev–Trinajstić information content (AvgIpc) is 3.30. The minimum Gasteiger partial charge on any atom is -0.497 e. The SMILES string of the molecule is COc1ccc([C@@H](O)C(=O)NCc2cncn2C2CC2)cc1. The van der Waals surface area contributed by atoms with Crippen LogP contribution in [0.25, 0.3) is 0 Å². The van der Waals surface area contributed by atoms with Gasteiger partial charge in [-0.25, -0.2) is 4.98 Å². The topological polar surface area (TPSA) is 76.4 Å². The molecule has 0 radical (unpaired) electrons. The van der Waals surface area contributed by atoms with Gasteiger partial charge in [0.1, 0.15) is 5.75 Å². The van der Waals surface area contributed by atoms with E-state index in [0.717, 1.165) is 18.5 Å². The predicted molar refractivity (Wildman–Crippen MR) is 80.3 cm³/mol. The quantitative estimate of drug-likeness (QED) is 0.849. The zero-order valence-corrected chi connectivity index (χ0v) is 12.4. The van der Waals surface area contributed by atoms with Gasteiger partial charge in [0.15, 0.2) is 6.10 Å². The number of carbonyl (C=O) groups is 1. The summed E-state index contributed by atoms with van der Waals surface area (Å²) in [7, 11) is 1.57. The van der Waals surface area contributed by atoms with Crippen LogP contribution in [0, 0.1) is 0 Å². The Kier molecular flexibility index (Phi) is 4.11. The van der Waals surface area contributed by atoms with Gasteiger partial charge in [-0.2, -0.15) is 0 Å². The summed E-state index contributed by atoms with van der Waals surface area (Å²) < 4.78 is 7.14. The third-order valence-corrected chi connectivity index (χ3v) is 3.81. The van der Waals surface area contributed by atoms with Crippen LogP contribution in [-0.2, 0) is 11.3 Å². The molecule has 1 heterocycles. The van der Waals surface area contributed by atoms with Gasteiger partial charge in [-0.1, -0.05) is 12.1 Å². The highest BCUT2D eigenvalue weighted by molar-refractivity contribution is 5.81. The molecule has 2 aromatic rings.